The van der Waals surface area contributed by atoms with Gasteiger partial charge in [0, 0.05) is 35.6 Å². The minimum absolute atomic E-state index is 0.0694. The Labute approximate surface area is 174 Å². The summed E-state index contributed by atoms with van der Waals surface area (Å²) in [5.41, 5.74) is 5.00. The number of hydrogen-bond donors (Lipinski definition) is 2. The molecule has 0 fully saturated rings. The summed E-state index contributed by atoms with van der Waals surface area (Å²) in [5, 5.41) is 23.4. The normalized spacial score (nSPS) is 18.9. The first-order valence-electron chi connectivity index (χ1n) is 9.73. The fourth-order valence-electron chi connectivity index (χ4n) is 4.40. The van der Waals surface area contributed by atoms with Gasteiger partial charge in [0.05, 0.1) is 23.9 Å². The second-order valence-corrected chi connectivity index (χ2v) is 7.48. The molecule has 0 spiro atoms. The van der Waals surface area contributed by atoms with E-state index in [4.69, 9.17) is 4.74 Å². The van der Waals surface area contributed by atoms with E-state index in [9.17, 15) is 15.2 Å². The molecule has 2 aromatic rings. The molecule has 0 saturated heterocycles. The summed E-state index contributed by atoms with van der Waals surface area (Å²) < 4.78 is 5.37. The van der Waals surface area contributed by atoms with Crippen molar-refractivity contribution in [3.63, 3.8) is 0 Å². The molecule has 6 heteroatoms. The standard InChI is InChI=1S/C24H19N3O3/c1-30-16-6-7-20-19(11-16)17-8-9-27-13-15(10-14(12-25)23(27)22(17)26-20)24(29)18-4-2-3-5-21(18)28/h2-7,10-11,13,17,26,28H,8-9H2,1H3. The van der Waals surface area contributed by atoms with Crippen molar-refractivity contribution in [2.75, 3.05) is 19.0 Å². The third-order valence-electron chi connectivity index (χ3n) is 5.83. The van der Waals surface area contributed by atoms with Gasteiger partial charge in [-0.15, -0.1) is 0 Å². The minimum atomic E-state index is -0.306. The Bertz CT molecular complexity index is 1220. The molecule has 1 atom stereocenters. The van der Waals surface area contributed by atoms with Gasteiger partial charge >= 0.3 is 0 Å². The summed E-state index contributed by atoms with van der Waals surface area (Å²) in [4.78, 5) is 14.9. The van der Waals surface area contributed by atoms with Crippen LogP contribution in [0.3, 0.4) is 0 Å². The van der Waals surface area contributed by atoms with Crippen LogP contribution in [0.15, 0.2) is 77.3 Å². The number of phenols is 1. The molecule has 0 saturated carbocycles. The topological polar surface area (TPSA) is 85.6 Å². The average Bonchev–Trinajstić information content (AvgIpc) is 3.16. The lowest BCUT2D eigenvalue weighted by molar-refractivity contribution is 0.103. The first-order chi connectivity index (χ1) is 14.6. The van der Waals surface area contributed by atoms with E-state index < -0.39 is 0 Å². The van der Waals surface area contributed by atoms with Gasteiger partial charge in [-0.2, -0.15) is 5.26 Å². The molecule has 3 aliphatic rings. The first-order valence-corrected chi connectivity index (χ1v) is 9.73. The van der Waals surface area contributed by atoms with Gasteiger partial charge in [0.1, 0.15) is 17.6 Å². The van der Waals surface area contributed by atoms with Crippen LogP contribution in [0.2, 0.25) is 0 Å². The number of ketones is 1. The molecule has 0 amide bonds. The Morgan fingerprint density at radius 3 is 2.90 bits per heavy atom. The van der Waals surface area contributed by atoms with Gasteiger partial charge in [0.25, 0.3) is 0 Å². The monoisotopic (exact) mass is 397 g/mol. The van der Waals surface area contributed by atoms with Crippen LogP contribution in [0.5, 0.6) is 11.5 Å². The number of carbonyl (C=O) groups excluding carboxylic acids is 1. The number of phenolic OH excluding ortho intramolecular Hbond substituents is 1. The van der Waals surface area contributed by atoms with E-state index in [1.54, 1.807) is 37.6 Å². The van der Waals surface area contributed by atoms with Crippen molar-refractivity contribution in [1.29, 1.82) is 5.26 Å². The number of rotatable bonds is 3. The van der Waals surface area contributed by atoms with Gasteiger partial charge in [-0.05, 0) is 48.4 Å². The lowest BCUT2D eigenvalue weighted by atomic mass is 9.87. The van der Waals surface area contributed by atoms with Crippen molar-refractivity contribution < 1.29 is 14.6 Å². The smallest absolute Gasteiger partial charge is 0.198 e. The van der Waals surface area contributed by atoms with Crippen LogP contribution in [0.4, 0.5) is 5.69 Å². The predicted molar refractivity (Wildman–Crippen MR) is 112 cm³/mol. The Balaban J connectivity index is 1.56. The van der Waals surface area contributed by atoms with Crippen LogP contribution in [0.1, 0.15) is 28.3 Å². The molecule has 148 valence electrons. The van der Waals surface area contributed by atoms with Crippen molar-refractivity contribution in [2.45, 2.75) is 12.3 Å². The number of para-hydroxylation sites is 1. The number of ether oxygens (including phenoxy) is 1. The van der Waals surface area contributed by atoms with E-state index in [1.807, 2.05) is 23.1 Å². The zero-order valence-electron chi connectivity index (χ0n) is 16.3. The molecule has 0 bridgehead atoms. The summed E-state index contributed by atoms with van der Waals surface area (Å²) in [6.45, 7) is 0.679. The molecule has 1 unspecified atom stereocenters. The number of nitrogens with zero attached hydrogens (tertiary/aromatic N) is 2. The molecule has 0 aromatic heterocycles. The van der Waals surface area contributed by atoms with Crippen molar-refractivity contribution in [3.05, 3.63) is 88.4 Å². The predicted octanol–water partition coefficient (Wildman–Crippen LogP) is 4.06. The van der Waals surface area contributed by atoms with Crippen molar-refractivity contribution in [2.24, 2.45) is 0 Å². The Morgan fingerprint density at radius 2 is 2.13 bits per heavy atom. The number of aromatic hydroxyl groups is 1. The van der Waals surface area contributed by atoms with Gasteiger partial charge in [0.15, 0.2) is 5.78 Å². The van der Waals surface area contributed by atoms with E-state index >= 15 is 0 Å². The highest BCUT2D eigenvalue weighted by Gasteiger charge is 2.38. The van der Waals surface area contributed by atoms with E-state index in [2.05, 4.69) is 11.4 Å². The van der Waals surface area contributed by atoms with Gasteiger partial charge < -0.3 is 20.1 Å². The summed E-state index contributed by atoms with van der Waals surface area (Å²) in [5.74, 6) is 0.584. The van der Waals surface area contributed by atoms with Crippen molar-refractivity contribution in [1.82, 2.24) is 4.90 Å². The molecular formula is C24H19N3O3. The highest BCUT2D eigenvalue weighted by molar-refractivity contribution is 6.12. The summed E-state index contributed by atoms with van der Waals surface area (Å²) >= 11 is 0. The maximum absolute atomic E-state index is 13.0. The van der Waals surface area contributed by atoms with Gasteiger partial charge in [-0.25, -0.2) is 0 Å². The summed E-state index contributed by atoms with van der Waals surface area (Å²) in [6.07, 6.45) is 4.24. The molecular weight excluding hydrogens is 378 g/mol. The number of allylic oxidation sites excluding steroid dienone is 4. The Morgan fingerprint density at radius 1 is 1.30 bits per heavy atom. The van der Waals surface area contributed by atoms with E-state index in [1.165, 1.54) is 6.07 Å². The maximum Gasteiger partial charge on any atom is 0.198 e. The van der Waals surface area contributed by atoms with Crippen LogP contribution < -0.4 is 10.1 Å². The van der Waals surface area contributed by atoms with Crippen LogP contribution in [-0.4, -0.2) is 29.4 Å². The van der Waals surface area contributed by atoms with E-state index in [-0.39, 0.29) is 23.0 Å². The number of Topliss-reactive ketones (excluding diaryl/α,β-unsaturated/α-hetero) is 1. The second kappa shape index (κ2) is 6.82. The third-order valence-corrected chi connectivity index (χ3v) is 5.83. The summed E-state index contributed by atoms with van der Waals surface area (Å²) in [7, 11) is 1.65. The molecule has 2 aromatic carbocycles. The lowest BCUT2D eigenvalue weighted by Crippen LogP contribution is -2.32. The molecule has 3 heterocycles. The highest BCUT2D eigenvalue weighted by atomic mass is 16.5. The van der Waals surface area contributed by atoms with Crippen LogP contribution in [0.25, 0.3) is 0 Å². The van der Waals surface area contributed by atoms with Crippen LogP contribution in [0, 0.1) is 11.3 Å². The number of anilines is 1. The zero-order valence-corrected chi connectivity index (χ0v) is 16.3. The maximum atomic E-state index is 13.0. The number of benzene rings is 2. The number of carbonyl (C=O) groups is 1. The minimum Gasteiger partial charge on any atom is -0.507 e. The number of fused-ring (bicyclic) bond motifs is 4. The van der Waals surface area contributed by atoms with Crippen molar-refractivity contribution >= 4 is 11.5 Å². The largest absolute Gasteiger partial charge is 0.507 e. The van der Waals surface area contributed by atoms with Crippen LogP contribution in [-0.2, 0) is 0 Å². The highest BCUT2D eigenvalue weighted by Crippen LogP contribution is 2.48. The molecule has 5 rings (SSSR count). The Kier molecular flexibility index (Phi) is 4.11. The van der Waals surface area contributed by atoms with Gasteiger partial charge in [0.2, 0.25) is 0 Å². The SMILES string of the molecule is COc1ccc2c(c1)C1CCN3C=C(C(=O)c4ccccc4O)C=C(C#N)C3=C1N2. The zero-order chi connectivity index (χ0) is 20.8. The fraction of sp³-hybridized carbons (Fsp3) is 0.167. The molecule has 3 aliphatic heterocycles. The van der Waals surface area contributed by atoms with Gasteiger partial charge in [-0.3, -0.25) is 4.79 Å². The van der Waals surface area contributed by atoms with Crippen LogP contribution >= 0.6 is 0 Å². The molecule has 6 nitrogen and oxygen atoms in total. The van der Waals surface area contributed by atoms with Gasteiger partial charge in [-0.1, -0.05) is 12.1 Å². The molecule has 0 radical (unpaired) electrons. The number of hydrogen-bond acceptors (Lipinski definition) is 6. The number of methoxy groups -OCH3 is 1. The number of nitrogens with one attached hydrogen (secondary N) is 1. The number of nitriles is 1. The molecule has 2 N–H and O–H groups in total. The fourth-order valence-corrected chi connectivity index (χ4v) is 4.40. The summed E-state index contributed by atoms with van der Waals surface area (Å²) in [6, 6.07) is 14.6. The molecule has 30 heavy (non-hydrogen) atoms. The second-order valence-electron chi connectivity index (χ2n) is 7.48. The van der Waals surface area contributed by atoms with E-state index in [0.717, 1.165) is 34.8 Å². The Hall–Kier alpha value is -3.98. The third kappa shape index (κ3) is 2.67. The quantitative estimate of drug-likeness (QED) is 0.760. The average molecular weight is 397 g/mol. The first kappa shape index (κ1) is 18.1. The molecule has 0 aliphatic carbocycles. The van der Waals surface area contributed by atoms with E-state index in [0.29, 0.717) is 17.7 Å². The van der Waals surface area contributed by atoms with Crippen molar-refractivity contribution in [3.8, 4) is 17.6 Å². The lowest BCUT2D eigenvalue weighted by Gasteiger charge is -2.35.